The van der Waals surface area contributed by atoms with Gasteiger partial charge in [-0.15, -0.1) is 5.10 Å². The fourth-order valence-corrected chi connectivity index (χ4v) is 2.50. The third-order valence-electron chi connectivity index (χ3n) is 3.73. The first-order chi connectivity index (χ1) is 11.9. The summed E-state index contributed by atoms with van der Waals surface area (Å²) in [5.74, 6) is -0.665. The minimum atomic E-state index is -0.369. The first-order valence-corrected chi connectivity index (χ1v) is 8.05. The molecule has 0 atom stereocenters. The Labute approximate surface area is 149 Å². The summed E-state index contributed by atoms with van der Waals surface area (Å²) in [6.07, 6.45) is 0. The summed E-state index contributed by atoms with van der Waals surface area (Å²) >= 11 is 5.97. The molecule has 3 rings (SSSR count). The molecule has 0 aliphatic heterocycles. The number of hydrogen-bond acceptors (Lipinski definition) is 3. The second-order valence-corrected chi connectivity index (χ2v) is 6.11. The summed E-state index contributed by atoms with van der Waals surface area (Å²) in [7, 11) is 0. The predicted molar refractivity (Wildman–Crippen MR) is 93.4 cm³/mol. The lowest BCUT2D eigenvalue weighted by atomic mass is 10.1. The summed E-state index contributed by atoms with van der Waals surface area (Å²) < 4.78 is 13.6. The molecule has 5 nitrogen and oxygen atoms in total. The zero-order valence-electron chi connectivity index (χ0n) is 13.8. The number of aromatic nitrogens is 3. The van der Waals surface area contributed by atoms with Crippen molar-refractivity contribution in [2.75, 3.05) is 0 Å². The van der Waals surface area contributed by atoms with Gasteiger partial charge in [0.05, 0.1) is 11.4 Å². The Balaban J connectivity index is 1.75. The maximum absolute atomic E-state index is 13.6. The van der Waals surface area contributed by atoms with Crippen LogP contribution in [0, 0.1) is 19.7 Å². The van der Waals surface area contributed by atoms with E-state index in [2.05, 4.69) is 15.5 Å². The zero-order chi connectivity index (χ0) is 18.0. The van der Waals surface area contributed by atoms with Crippen LogP contribution in [-0.2, 0) is 6.54 Å². The third-order valence-corrected chi connectivity index (χ3v) is 3.96. The average Bonchev–Trinajstić information content (AvgIpc) is 2.98. The summed E-state index contributed by atoms with van der Waals surface area (Å²) in [6.45, 7) is 3.60. The van der Waals surface area contributed by atoms with E-state index in [1.807, 2.05) is 0 Å². The number of carbonyl (C=O) groups excluding carboxylic acids is 1. The maximum Gasteiger partial charge on any atom is 0.274 e. The molecule has 1 heterocycles. The van der Waals surface area contributed by atoms with Gasteiger partial charge in [-0.05, 0) is 49.2 Å². The summed E-state index contributed by atoms with van der Waals surface area (Å²) in [5.41, 5.74) is 2.61. The van der Waals surface area contributed by atoms with Crippen LogP contribution in [0.2, 0.25) is 5.02 Å². The van der Waals surface area contributed by atoms with E-state index in [9.17, 15) is 9.18 Å². The number of nitrogens with one attached hydrogen (secondary N) is 1. The van der Waals surface area contributed by atoms with E-state index >= 15 is 0 Å². The van der Waals surface area contributed by atoms with Crippen molar-refractivity contribution in [3.8, 4) is 5.69 Å². The molecule has 0 fully saturated rings. The Morgan fingerprint density at radius 1 is 1.20 bits per heavy atom. The van der Waals surface area contributed by atoms with Gasteiger partial charge in [0.2, 0.25) is 0 Å². The van der Waals surface area contributed by atoms with Crippen molar-refractivity contribution in [1.29, 1.82) is 0 Å². The van der Waals surface area contributed by atoms with Gasteiger partial charge in [-0.25, -0.2) is 4.39 Å². The lowest BCUT2D eigenvalue weighted by molar-refractivity contribution is 0.0945. The van der Waals surface area contributed by atoms with Gasteiger partial charge < -0.3 is 5.32 Å². The van der Waals surface area contributed by atoms with E-state index in [-0.39, 0.29) is 24.0 Å². The van der Waals surface area contributed by atoms with Gasteiger partial charge in [0.1, 0.15) is 5.82 Å². The minimum Gasteiger partial charge on any atom is -0.347 e. The molecule has 2 aromatic carbocycles. The molecule has 1 amide bonds. The highest BCUT2D eigenvalue weighted by molar-refractivity contribution is 6.30. The molecule has 25 heavy (non-hydrogen) atoms. The maximum atomic E-state index is 13.6. The van der Waals surface area contributed by atoms with Crippen LogP contribution in [0.4, 0.5) is 4.39 Å². The predicted octanol–water partition coefficient (Wildman–Crippen LogP) is 3.61. The minimum absolute atomic E-state index is 0.208. The van der Waals surface area contributed by atoms with E-state index in [0.29, 0.717) is 27.5 Å². The Bertz CT molecular complexity index is 939. The van der Waals surface area contributed by atoms with Crippen LogP contribution in [0.5, 0.6) is 0 Å². The molecule has 7 heteroatoms. The molecule has 128 valence electrons. The zero-order valence-corrected chi connectivity index (χ0v) is 14.5. The number of amides is 1. The lowest BCUT2D eigenvalue weighted by Gasteiger charge is -2.05. The molecule has 0 unspecified atom stereocenters. The van der Waals surface area contributed by atoms with Gasteiger partial charge in [0.25, 0.3) is 5.91 Å². The van der Waals surface area contributed by atoms with E-state index in [4.69, 9.17) is 11.6 Å². The number of hydrogen-bond donors (Lipinski definition) is 1. The van der Waals surface area contributed by atoms with Crippen molar-refractivity contribution >= 4 is 17.5 Å². The van der Waals surface area contributed by atoms with Crippen LogP contribution in [-0.4, -0.2) is 20.9 Å². The van der Waals surface area contributed by atoms with Gasteiger partial charge in [-0.2, -0.15) is 9.90 Å². The second-order valence-electron chi connectivity index (χ2n) is 5.67. The number of rotatable bonds is 4. The Morgan fingerprint density at radius 2 is 2.00 bits per heavy atom. The van der Waals surface area contributed by atoms with Crippen molar-refractivity contribution in [3.05, 3.63) is 75.8 Å². The Kier molecular flexibility index (Phi) is 4.81. The molecular formula is C18H16ClFN4O. The van der Waals surface area contributed by atoms with E-state index in [1.165, 1.54) is 10.9 Å². The van der Waals surface area contributed by atoms with Crippen molar-refractivity contribution < 1.29 is 9.18 Å². The Hall–Kier alpha value is -2.73. The van der Waals surface area contributed by atoms with Gasteiger partial charge in [0, 0.05) is 11.6 Å². The van der Waals surface area contributed by atoms with Crippen molar-refractivity contribution in [2.24, 2.45) is 0 Å². The first-order valence-electron chi connectivity index (χ1n) is 7.67. The molecule has 0 aliphatic rings. The third kappa shape index (κ3) is 3.85. The standard InChI is InChI=1S/C18H16ClFN4O/c1-11-6-7-13(8-16(11)20)10-21-18(25)17-12(2)22-24(23-17)15-5-3-4-14(19)9-15/h3-9H,10H2,1-2H3,(H,21,25). The van der Waals surface area contributed by atoms with Crippen LogP contribution < -0.4 is 5.32 Å². The van der Waals surface area contributed by atoms with Gasteiger partial charge in [-0.1, -0.05) is 29.8 Å². The smallest absolute Gasteiger partial charge is 0.274 e. The number of carbonyl (C=O) groups is 1. The normalized spacial score (nSPS) is 10.7. The molecule has 3 aromatic rings. The SMILES string of the molecule is Cc1ccc(CNC(=O)c2nn(-c3cccc(Cl)c3)nc2C)cc1F. The molecule has 0 saturated heterocycles. The van der Waals surface area contributed by atoms with Crippen LogP contribution in [0.1, 0.15) is 27.3 Å². The number of benzene rings is 2. The molecule has 0 bridgehead atoms. The molecular weight excluding hydrogens is 343 g/mol. The number of aryl methyl sites for hydroxylation is 2. The Morgan fingerprint density at radius 3 is 2.72 bits per heavy atom. The topological polar surface area (TPSA) is 59.8 Å². The van der Waals surface area contributed by atoms with E-state index in [1.54, 1.807) is 50.2 Å². The molecule has 0 spiro atoms. The van der Waals surface area contributed by atoms with Crippen LogP contribution >= 0.6 is 11.6 Å². The van der Waals surface area contributed by atoms with Crippen molar-refractivity contribution in [1.82, 2.24) is 20.3 Å². The van der Waals surface area contributed by atoms with Crippen LogP contribution in [0.15, 0.2) is 42.5 Å². The van der Waals surface area contributed by atoms with Crippen LogP contribution in [0.25, 0.3) is 5.69 Å². The molecule has 1 aromatic heterocycles. The molecule has 0 saturated carbocycles. The van der Waals surface area contributed by atoms with Gasteiger partial charge >= 0.3 is 0 Å². The van der Waals surface area contributed by atoms with Crippen molar-refractivity contribution in [3.63, 3.8) is 0 Å². The van der Waals surface area contributed by atoms with Gasteiger partial charge in [-0.3, -0.25) is 4.79 Å². The first kappa shape index (κ1) is 17.1. The highest BCUT2D eigenvalue weighted by atomic mass is 35.5. The second kappa shape index (κ2) is 7.03. The molecule has 0 aliphatic carbocycles. The number of halogens is 2. The molecule has 1 N–H and O–H groups in total. The highest BCUT2D eigenvalue weighted by Gasteiger charge is 2.16. The monoisotopic (exact) mass is 358 g/mol. The average molecular weight is 359 g/mol. The van der Waals surface area contributed by atoms with E-state index < -0.39 is 0 Å². The fourth-order valence-electron chi connectivity index (χ4n) is 2.32. The number of nitrogens with zero attached hydrogens (tertiary/aromatic N) is 3. The molecule has 0 radical (unpaired) electrons. The van der Waals surface area contributed by atoms with Crippen LogP contribution in [0.3, 0.4) is 0 Å². The summed E-state index contributed by atoms with van der Waals surface area (Å²) in [4.78, 5) is 13.7. The summed E-state index contributed by atoms with van der Waals surface area (Å²) in [6, 6.07) is 11.9. The highest BCUT2D eigenvalue weighted by Crippen LogP contribution is 2.15. The van der Waals surface area contributed by atoms with Gasteiger partial charge in [0.15, 0.2) is 5.69 Å². The summed E-state index contributed by atoms with van der Waals surface area (Å²) in [5, 5.41) is 11.8. The van der Waals surface area contributed by atoms with E-state index in [0.717, 1.165) is 0 Å². The largest absolute Gasteiger partial charge is 0.347 e. The quantitative estimate of drug-likeness (QED) is 0.775. The van der Waals surface area contributed by atoms with Crippen molar-refractivity contribution in [2.45, 2.75) is 20.4 Å². The fraction of sp³-hybridized carbons (Fsp3) is 0.167. The lowest BCUT2D eigenvalue weighted by Crippen LogP contribution is -2.24.